The van der Waals surface area contributed by atoms with Crippen molar-refractivity contribution >= 4 is 0 Å². The molecular weight excluding hydrogens is 144 g/mol. The van der Waals surface area contributed by atoms with E-state index in [4.69, 9.17) is 0 Å². The minimum Gasteiger partial charge on any atom is -0.0843 e. The SMILES string of the molecule is C/[C]=C(\C)C=CCCCCCC. The van der Waals surface area contributed by atoms with Crippen LogP contribution in [0.2, 0.25) is 0 Å². The van der Waals surface area contributed by atoms with Gasteiger partial charge < -0.3 is 0 Å². The summed E-state index contributed by atoms with van der Waals surface area (Å²) in [4.78, 5) is 0. The van der Waals surface area contributed by atoms with Gasteiger partial charge in [0.2, 0.25) is 0 Å². The van der Waals surface area contributed by atoms with Crippen LogP contribution in [-0.4, -0.2) is 0 Å². The molecule has 0 atom stereocenters. The second kappa shape index (κ2) is 8.58. The van der Waals surface area contributed by atoms with E-state index in [9.17, 15) is 0 Å². The summed E-state index contributed by atoms with van der Waals surface area (Å²) >= 11 is 0. The van der Waals surface area contributed by atoms with Crippen molar-refractivity contribution in [3.05, 3.63) is 23.8 Å². The summed E-state index contributed by atoms with van der Waals surface area (Å²) in [5.74, 6) is 0. The number of allylic oxidation sites excluding steroid dienone is 4. The predicted octanol–water partition coefficient (Wildman–Crippen LogP) is 4.28. The minimum absolute atomic E-state index is 1.22. The van der Waals surface area contributed by atoms with Crippen LogP contribution >= 0.6 is 0 Å². The standard InChI is InChI=1S/C12H21/c1-4-6-7-8-9-10-11-12(3)5-2/h10-11H,4,6-9H2,1-3H3. The van der Waals surface area contributed by atoms with Gasteiger partial charge in [-0.3, -0.25) is 0 Å². The maximum Gasteiger partial charge on any atom is -0.0348 e. The second-order valence-corrected chi connectivity index (χ2v) is 3.18. The van der Waals surface area contributed by atoms with Gasteiger partial charge in [0.25, 0.3) is 0 Å². The highest BCUT2D eigenvalue weighted by atomic mass is 13.9. The molecular formula is C12H21. The molecule has 0 N–H and O–H groups in total. The van der Waals surface area contributed by atoms with E-state index < -0.39 is 0 Å². The lowest BCUT2D eigenvalue weighted by molar-refractivity contribution is 0.674. The Hall–Kier alpha value is -0.520. The molecule has 0 fully saturated rings. The molecule has 0 aliphatic heterocycles. The van der Waals surface area contributed by atoms with Crippen LogP contribution in [0.3, 0.4) is 0 Å². The quantitative estimate of drug-likeness (QED) is 0.407. The van der Waals surface area contributed by atoms with Crippen LogP contribution in [0.5, 0.6) is 0 Å². The maximum absolute atomic E-state index is 3.10. The van der Waals surface area contributed by atoms with Gasteiger partial charge in [0.15, 0.2) is 0 Å². The van der Waals surface area contributed by atoms with Gasteiger partial charge in [-0.05, 0) is 38.3 Å². The molecule has 0 nitrogen and oxygen atoms in total. The Bertz CT molecular complexity index is 140. The third-order valence-electron chi connectivity index (χ3n) is 1.99. The van der Waals surface area contributed by atoms with E-state index in [0.717, 1.165) is 0 Å². The number of hydrogen-bond acceptors (Lipinski definition) is 0. The Morgan fingerprint density at radius 3 is 2.58 bits per heavy atom. The maximum atomic E-state index is 3.10. The van der Waals surface area contributed by atoms with E-state index >= 15 is 0 Å². The molecule has 0 rings (SSSR count). The first-order valence-electron chi connectivity index (χ1n) is 4.99. The van der Waals surface area contributed by atoms with Gasteiger partial charge in [-0.25, -0.2) is 0 Å². The molecule has 1 radical (unpaired) electrons. The Morgan fingerprint density at radius 1 is 1.25 bits per heavy atom. The molecule has 12 heavy (non-hydrogen) atoms. The van der Waals surface area contributed by atoms with Crippen molar-refractivity contribution in [2.75, 3.05) is 0 Å². The third kappa shape index (κ3) is 7.59. The van der Waals surface area contributed by atoms with Crippen LogP contribution in [0.1, 0.15) is 52.9 Å². The molecule has 0 spiro atoms. The van der Waals surface area contributed by atoms with E-state index in [1.807, 2.05) is 6.92 Å². The fourth-order valence-corrected chi connectivity index (χ4v) is 1.03. The summed E-state index contributed by atoms with van der Waals surface area (Å²) in [7, 11) is 0. The van der Waals surface area contributed by atoms with Crippen LogP contribution < -0.4 is 0 Å². The van der Waals surface area contributed by atoms with Gasteiger partial charge in [-0.15, -0.1) is 0 Å². The van der Waals surface area contributed by atoms with Crippen molar-refractivity contribution in [2.45, 2.75) is 52.9 Å². The topological polar surface area (TPSA) is 0 Å². The van der Waals surface area contributed by atoms with Crippen LogP contribution in [-0.2, 0) is 0 Å². The van der Waals surface area contributed by atoms with Gasteiger partial charge in [-0.1, -0.05) is 38.3 Å². The normalized spacial score (nSPS) is 12.8. The summed E-state index contributed by atoms with van der Waals surface area (Å²) in [5.41, 5.74) is 1.24. The molecule has 0 aliphatic carbocycles. The molecule has 0 aromatic heterocycles. The molecule has 0 heteroatoms. The Kier molecular flexibility index (Phi) is 8.20. The number of rotatable bonds is 6. The molecule has 0 saturated carbocycles. The zero-order chi connectivity index (χ0) is 9.23. The fourth-order valence-electron chi connectivity index (χ4n) is 1.03. The van der Waals surface area contributed by atoms with Crippen molar-refractivity contribution in [1.82, 2.24) is 0 Å². The molecule has 0 aromatic carbocycles. The largest absolute Gasteiger partial charge is 0.0843 e. The summed E-state index contributed by atoms with van der Waals surface area (Å²) in [6, 6.07) is 0. The second-order valence-electron chi connectivity index (χ2n) is 3.18. The molecule has 0 saturated heterocycles. The van der Waals surface area contributed by atoms with Crippen LogP contribution in [0, 0.1) is 6.08 Å². The van der Waals surface area contributed by atoms with Crippen molar-refractivity contribution in [2.24, 2.45) is 0 Å². The first kappa shape index (κ1) is 11.5. The smallest absolute Gasteiger partial charge is 0.0348 e. The highest BCUT2D eigenvalue weighted by Gasteiger charge is 1.84. The van der Waals surface area contributed by atoms with E-state index in [2.05, 4.69) is 32.1 Å². The highest BCUT2D eigenvalue weighted by molar-refractivity contribution is 5.11. The third-order valence-corrected chi connectivity index (χ3v) is 1.99. The minimum atomic E-state index is 1.22. The first-order chi connectivity index (χ1) is 5.81. The number of unbranched alkanes of at least 4 members (excludes halogenated alkanes) is 4. The molecule has 69 valence electrons. The van der Waals surface area contributed by atoms with Crippen molar-refractivity contribution in [1.29, 1.82) is 0 Å². The summed E-state index contributed by atoms with van der Waals surface area (Å²) in [6.45, 7) is 6.29. The van der Waals surface area contributed by atoms with Crippen molar-refractivity contribution < 1.29 is 0 Å². The Balaban J connectivity index is 3.25. The number of hydrogen-bond donors (Lipinski definition) is 0. The van der Waals surface area contributed by atoms with E-state index in [1.165, 1.54) is 37.7 Å². The molecule has 0 amide bonds. The molecule has 0 aromatic rings. The van der Waals surface area contributed by atoms with Gasteiger partial charge in [-0.2, -0.15) is 0 Å². The monoisotopic (exact) mass is 165 g/mol. The van der Waals surface area contributed by atoms with Crippen molar-refractivity contribution in [3.63, 3.8) is 0 Å². The van der Waals surface area contributed by atoms with Gasteiger partial charge >= 0.3 is 0 Å². The lowest BCUT2D eigenvalue weighted by Crippen LogP contribution is -1.74. The van der Waals surface area contributed by atoms with Gasteiger partial charge in [0, 0.05) is 0 Å². The fraction of sp³-hybridized carbons (Fsp3) is 0.667. The van der Waals surface area contributed by atoms with Gasteiger partial charge in [0.05, 0.1) is 0 Å². The van der Waals surface area contributed by atoms with Crippen LogP contribution in [0.4, 0.5) is 0 Å². The summed E-state index contributed by atoms with van der Waals surface area (Å²) in [5, 5.41) is 0. The van der Waals surface area contributed by atoms with Crippen LogP contribution in [0.25, 0.3) is 0 Å². The molecule has 0 heterocycles. The molecule has 0 bridgehead atoms. The van der Waals surface area contributed by atoms with Crippen LogP contribution in [0.15, 0.2) is 17.7 Å². The lowest BCUT2D eigenvalue weighted by atomic mass is 10.1. The van der Waals surface area contributed by atoms with E-state index in [-0.39, 0.29) is 0 Å². The zero-order valence-corrected chi connectivity index (χ0v) is 8.69. The van der Waals surface area contributed by atoms with Crippen molar-refractivity contribution in [3.8, 4) is 0 Å². The molecule has 0 unspecified atom stereocenters. The molecule has 0 aliphatic rings. The Morgan fingerprint density at radius 2 is 2.00 bits per heavy atom. The van der Waals surface area contributed by atoms with Gasteiger partial charge in [0.1, 0.15) is 0 Å². The summed E-state index contributed by atoms with van der Waals surface area (Å²) in [6.07, 6.45) is 14.1. The predicted molar refractivity (Wildman–Crippen MR) is 56.0 cm³/mol. The lowest BCUT2D eigenvalue weighted by Gasteiger charge is -1.94. The average Bonchev–Trinajstić information content (AvgIpc) is 2.10. The Labute approximate surface area is 77.4 Å². The zero-order valence-electron chi connectivity index (χ0n) is 8.69. The average molecular weight is 165 g/mol. The first-order valence-corrected chi connectivity index (χ1v) is 4.99. The van der Waals surface area contributed by atoms with E-state index in [0.29, 0.717) is 0 Å². The summed E-state index contributed by atoms with van der Waals surface area (Å²) < 4.78 is 0. The highest BCUT2D eigenvalue weighted by Crippen LogP contribution is 2.04. The van der Waals surface area contributed by atoms with E-state index in [1.54, 1.807) is 0 Å².